The lowest BCUT2D eigenvalue weighted by Gasteiger charge is -2.29. The predicted molar refractivity (Wildman–Crippen MR) is 101 cm³/mol. The highest BCUT2D eigenvalue weighted by atomic mass is 32.1. The number of fused-ring (bicyclic) bond motifs is 2. The van der Waals surface area contributed by atoms with Crippen LogP contribution in [0, 0.1) is 6.92 Å². The molecule has 1 aromatic carbocycles. The number of rotatable bonds is 4. The summed E-state index contributed by atoms with van der Waals surface area (Å²) in [7, 11) is 3.31. The number of methoxy groups -OCH3 is 2. The van der Waals surface area contributed by atoms with Crippen LogP contribution in [0.2, 0.25) is 0 Å². The quantitative estimate of drug-likeness (QED) is 0.706. The molecule has 2 aromatic heterocycles. The number of thiazole rings is 1. The Morgan fingerprint density at radius 3 is 2.62 bits per heavy atom. The molecule has 0 saturated heterocycles. The molecule has 7 heteroatoms. The van der Waals surface area contributed by atoms with E-state index >= 15 is 0 Å². The van der Waals surface area contributed by atoms with Crippen molar-refractivity contribution < 1.29 is 9.47 Å². The summed E-state index contributed by atoms with van der Waals surface area (Å²) in [6.07, 6.45) is 0.940. The number of hydrogen-bond donors (Lipinski definition) is 0. The van der Waals surface area contributed by atoms with Gasteiger partial charge >= 0.3 is 0 Å². The van der Waals surface area contributed by atoms with Crippen LogP contribution in [-0.2, 0) is 19.5 Å². The third-order valence-electron chi connectivity index (χ3n) is 4.81. The lowest BCUT2D eigenvalue weighted by molar-refractivity contribution is 0.241. The average molecular weight is 371 g/mol. The number of ether oxygens (including phenoxy) is 2. The van der Waals surface area contributed by atoms with Gasteiger partial charge in [0.2, 0.25) is 0 Å². The first-order valence-corrected chi connectivity index (χ1v) is 9.40. The Morgan fingerprint density at radius 2 is 1.88 bits per heavy atom. The highest BCUT2D eigenvalue weighted by Gasteiger charge is 2.20. The fourth-order valence-corrected chi connectivity index (χ4v) is 4.38. The van der Waals surface area contributed by atoms with Crippen LogP contribution >= 0.6 is 11.3 Å². The number of aromatic nitrogens is 2. The van der Waals surface area contributed by atoms with Gasteiger partial charge in [-0.15, -0.1) is 11.3 Å². The van der Waals surface area contributed by atoms with Gasteiger partial charge in [-0.25, -0.2) is 4.98 Å². The van der Waals surface area contributed by atoms with Gasteiger partial charge in [0.05, 0.1) is 19.9 Å². The molecule has 0 amide bonds. The summed E-state index contributed by atoms with van der Waals surface area (Å²) in [6.45, 7) is 4.32. The summed E-state index contributed by atoms with van der Waals surface area (Å²) in [6, 6.07) is 5.77. The predicted octanol–water partition coefficient (Wildman–Crippen LogP) is 2.64. The fraction of sp³-hybridized carbons (Fsp3) is 0.368. The number of nitrogens with zero attached hydrogens (tertiary/aromatic N) is 3. The normalized spacial score (nSPS) is 14.4. The zero-order valence-electron chi connectivity index (χ0n) is 15.1. The summed E-state index contributed by atoms with van der Waals surface area (Å²) in [5.74, 6) is 1.52. The van der Waals surface area contributed by atoms with Crippen molar-refractivity contribution in [2.45, 2.75) is 26.4 Å². The van der Waals surface area contributed by atoms with Gasteiger partial charge in [0, 0.05) is 36.8 Å². The second kappa shape index (κ2) is 6.74. The summed E-state index contributed by atoms with van der Waals surface area (Å²) in [4.78, 5) is 20.1. The van der Waals surface area contributed by atoms with Crippen molar-refractivity contribution in [1.29, 1.82) is 0 Å². The molecule has 3 heterocycles. The highest BCUT2D eigenvalue weighted by Crippen LogP contribution is 2.33. The molecule has 4 rings (SSSR count). The Balaban J connectivity index is 1.59. The number of benzene rings is 1. The largest absolute Gasteiger partial charge is 0.493 e. The van der Waals surface area contributed by atoms with Gasteiger partial charge in [-0.05, 0) is 36.6 Å². The summed E-state index contributed by atoms with van der Waals surface area (Å²) in [5, 5.41) is 1.96. The van der Waals surface area contributed by atoms with Crippen LogP contribution in [0.5, 0.6) is 11.5 Å². The Bertz CT molecular complexity index is 1020. The van der Waals surface area contributed by atoms with Gasteiger partial charge in [-0.3, -0.25) is 14.1 Å². The number of hydrogen-bond acceptors (Lipinski definition) is 6. The summed E-state index contributed by atoms with van der Waals surface area (Å²) < 4.78 is 12.5. The molecule has 0 saturated carbocycles. The van der Waals surface area contributed by atoms with E-state index in [2.05, 4.69) is 22.0 Å². The van der Waals surface area contributed by atoms with Crippen LogP contribution in [0.4, 0.5) is 0 Å². The van der Waals surface area contributed by atoms with Crippen LogP contribution in [0.15, 0.2) is 28.4 Å². The molecule has 6 nitrogen and oxygen atoms in total. The lowest BCUT2D eigenvalue weighted by atomic mass is 9.98. The SMILES string of the molecule is COc1cc2c(cc1OC)CN(Cc1cc(=O)n3c(C)csc3n1)CC2. The van der Waals surface area contributed by atoms with E-state index in [1.807, 2.05) is 12.3 Å². The first kappa shape index (κ1) is 17.1. The minimum Gasteiger partial charge on any atom is -0.493 e. The molecule has 136 valence electrons. The molecule has 1 aliphatic rings. The molecule has 0 N–H and O–H groups in total. The van der Waals surface area contributed by atoms with Gasteiger partial charge in [0.15, 0.2) is 16.5 Å². The van der Waals surface area contributed by atoms with Crippen molar-refractivity contribution in [3.8, 4) is 11.5 Å². The molecule has 0 aliphatic carbocycles. The first-order chi connectivity index (χ1) is 12.6. The second-order valence-electron chi connectivity index (χ2n) is 6.52. The molecule has 26 heavy (non-hydrogen) atoms. The minimum atomic E-state index is -0.00688. The average Bonchev–Trinajstić information content (AvgIpc) is 3.01. The van der Waals surface area contributed by atoms with Crippen molar-refractivity contribution >= 4 is 16.3 Å². The van der Waals surface area contributed by atoms with E-state index in [9.17, 15) is 4.79 Å². The molecule has 0 spiro atoms. The lowest BCUT2D eigenvalue weighted by Crippen LogP contribution is -2.31. The van der Waals surface area contributed by atoms with Gasteiger partial charge in [0.1, 0.15) is 0 Å². The summed E-state index contributed by atoms with van der Waals surface area (Å²) >= 11 is 1.50. The molecule has 0 radical (unpaired) electrons. The van der Waals surface area contributed by atoms with E-state index in [0.29, 0.717) is 6.54 Å². The molecule has 1 aliphatic heterocycles. The van der Waals surface area contributed by atoms with Gasteiger partial charge in [0.25, 0.3) is 5.56 Å². The monoisotopic (exact) mass is 371 g/mol. The zero-order valence-corrected chi connectivity index (χ0v) is 15.9. The Kier molecular flexibility index (Phi) is 4.42. The third-order valence-corrected chi connectivity index (χ3v) is 5.75. The Morgan fingerprint density at radius 1 is 1.15 bits per heavy atom. The van der Waals surface area contributed by atoms with Crippen molar-refractivity contribution in [3.63, 3.8) is 0 Å². The van der Waals surface area contributed by atoms with E-state index in [1.54, 1.807) is 24.7 Å². The molecule has 0 atom stereocenters. The molecular formula is C19H21N3O3S. The molecule has 3 aromatic rings. The number of aryl methyl sites for hydroxylation is 1. The van der Waals surface area contributed by atoms with Gasteiger partial charge in [-0.1, -0.05) is 0 Å². The molecule has 0 fully saturated rings. The van der Waals surface area contributed by atoms with E-state index in [1.165, 1.54) is 22.5 Å². The second-order valence-corrected chi connectivity index (χ2v) is 7.35. The van der Waals surface area contributed by atoms with E-state index in [4.69, 9.17) is 9.47 Å². The van der Waals surface area contributed by atoms with Gasteiger partial charge in [-0.2, -0.15) is 0 Å². The molecular weight excluding hydrogens is 350 g/mol. The summed E-state index contributed by atoms with van der Waals surface area (Å²) in [5.41, 5.74) is 4.27. The van der Waals surface area contributed by atoms with Crippen LogP contribution in [0.25, 0.3) is 4.96 Å². The first-order valence-electron chi connectivity index (χ1n) is 8.52. The van der Waals surface area contributed by atoms with Crippen molar-refractivity contribution in [2.24, 2.45) is 0 Å². The van der Waals surface area contributed by atoms with Crippen LogP contribution in [0.3, 0.4) is 0 Å². The van der Waals surface area contributed by atoms with E-state index < -0.39 is 0 Å². The minimum absolute atomic E-state index is 0.00688. The molecule has 0 unspecified atom stereocenters. The van der Waals surface area contributed by atoms with E-state index in [0.717, 1.165) is 47.4 Å². The van der Waals surface area contributed by atoms with Crippen molar-refractivity contribution in [1.82, 2.24) is 14.3 Å². The fourth-order valence-electron chi connectivity index (χ4n) is 3.49. The molecule has 0 bridgehead atoms. The smallest absolute Gasteiger partial charge is 0.259 e. The maximum absolute atomic E-state index is 12.4. The van der Waals surface area contributed by atoms with Crippen LogP contribution in [0.1, 0.15) is 22.5 Å². The Labute approximate surface area is 155 Å². The third kappa shape index (κ3) is 2.97. The highest BCUT2D eigenvalue weighted by molar-refractivity contribution is 7.15. The van der Waals surface area contributed by atoms with E-state index in [-0.39, 0.29) is 5.56 Å². The zero-order chi connectivity index (χ0) is 18.3. The van der Waals surface area contributed by atoms with Crippen molar-refractivity contribution in [3.05, 3.63) is 56.4 Å². The van der Waals surface area contributed by atoms with Crippen LogP contribution < -0.4 is 15.0 Å². The topological polar surface area (TPSA) is 56.1 Å². The van der Waals surface area contributed by atoms with Crippen LogP contribution in [-0.4, -0.2) is 35.0 Å². The maximum Gasteiger partial charge on any atom is 0.259 e. The maximum atomic E-state index is 12.4. The van der Waals surface area contributed by atoms with Crippen molar-refractivity contribution in [2.75, 3.05) is 20.8 Å². The van der Waals surface area contributed by atoms with Gasteiger partial charge < -0.3 is 9.47 Å². The Hall–Kier alpha value is -2.38. The standard InChI is InChI=1S/C19H21N3O3S/c1-12-11-26-19-20-15(8-18(23)22(12)19)10-21-5-4-13-6-16(24-2)17(25-3)7-14(13)9-21/h6-8,11H,4-5,9-10H2,1-3H3.